The quantitative estimate of drug-likeness (QED) is 0.566. The van der Waals surface area contributed by atoms with Gasteiger partial charge >= 0.3 is 6.03 Å². The summed E-state index contributed by atoms with van der Waals surface area (Å²) in [6.45, 7) is 2.86. The zero-order valence-corrected chi connectivity index (χ0v) is 11.2. The lowest BCUT2D eigenvalue weighted by atomic mass is 10.3. The molecule has 0 spiro atoms. The second-order valence-electron chi connectivity index (χ2n) is 4.08. The predicted molar refractivity (Wildman–Crippen MR) is 75.0 cm³/mol. The second-order valence-corrected chi connectivity index (χ2v) is 4.08. The molecule has 0 heterocycles. The Kier molecular flexibility index (Phi) is 6.38. The van der Waals surface area contributed by atoms with Crippen molar-refractivity contribution in [2.45, 2.75) is 13.0 Å². The van der Waals surface area contributed by atoms with Crippen LogP contribution < -0.4 is 21.3 Å². The summed E-state index contributed by atoms with van der Waals surface area (Å²) in [6.07, 6.45) is 0. The fourth-order valence-corrected chi connectivity index (χ4v) is 1.41. The fraction of sp³-hybridized carbons (Fsp3) is 0.385. The number of nitrogens with one attached hydrogen (secondary N) is 4. The van der Waals surface area contributed by atoms with Crippen LogP contribution in [0.4, 0.5) is 10.5 Å². The molecule has 104 valence electrons. The van der Waals surface area contributed by atoms with E-state index in [0.717, 1.165) is 0 Å². The summed E-state index contributed by atoms with van der Waals surface area (Å²) in [5.41, 5.74) is 0.683. The molecule has 0 saturated heterocycles. The van der Waals surface area contributed by atoms with E-state index in [1.807, 2.05) is 18.2 Å². The van der Waals surface area contributed by atoms with E-state index in [2.05, 4.69) is 21.3 Å². The highest BCUT2D eigenvalue weighted by Gasteiger charge is 2.14. The van der Waals surface area contributed by atoms with E-state index >= 15 is 0 Å². The van der Waals surface area contributed by atoms with Crippen LogP contribution in [0.1, 0.15) is 6.92 Å². The lowest BCUT2D eigenvalue weighted by molar-refractivity contribution is -0.122. The minimum absolute atomic E-state index is 0.210. The molecule has 19 heavy (non-hydrogen) atoms. The SMILES string of the molecule is CNCCNC(=O)C(C)NC(=O)Nc1ccccc1. The molecule has 0 bridgehead atoms. The minimum atomic E-state index is -0.583. The molecule has 1 unspecified atom stereocenters. The number of hydrogen-bond acceptors (Lipinski definition) is 3. The maximum absolute atomic E-state index is 11.6. The molecule has 6 nitrogen and oxygen atoms in total. The molecule has 1 atom stereocenters. The van der Waals surface area contributed by atoms with E-state index in [1.54, 1.807) is 26.1 Å². The summed E-state index contributed by atoms with van der Waals surface area (Å²) in [7, 11) is 1.81. The molecule has 0 radical (unpaired) electrons. The van der Waals surface area contributed by atoms with E-state index in [1.165, 1.54) is 0 Å². The first-order valence-electron chi connectivity index (χ1n) is 6.18. The highest BCUT2D eigenvalue weighted by atomic mass is 16.2. The summed E-state index contributed by atoms with van der Waals surface area (Å²) in [5.74, 6) is -0.210. The van der Waals surface area contributed by atoms with Gasteiger partial charge in [0.15, 0.2) is 0 Å². The van der Waals surface area contributed by atoms with E-state index < -0.39 is 12.1 Å². The monoisotopic (exact) mass is 264 g/mol. The number of amides is 3. The average molecular weight is 264 g/mol. The Bertz CT molecular complexity index is 408. The maximum atomic E-state index is 11.6. The smallest absolute Gasteiger partial charge is 0.319 e. The highest BCUT2D eigenvalue weighted by Crippen LogP contribution is 2.04. The minimum Gasteiger partial charge on any atom is -0.353 e. The van der Waals surface area contributed by atoms with Crippen LogP contribution in [0.25, 0.3) is 0 Å². The van der Waals surface area contributed by atoms with Gasteiger partial charge in [0.25, 0.3) is 0 Å². The van der Waals surface area contributed by atoms with Crippen molar-refractivity contribution in [3.05, 3.63) is 30.3 Å². The standard InChI is InChI=1S/C13H20N4O2/c1-10(12(18)15-9-8-14-2)16-13(19)17-11-6-4-3-5-7-11/h3-7,10,14H,8-9H2,1-2H3,(H,15,18)(H2,16,17,19). The van der Waals surface area contributed by atoms with E-state index in [0.29, 0.717) is 18.8 Å². The van der Waals surface area contributed by atoms with Crippen molar-refractivity contribution in [2.75, 3.05) is 25.5 Å². The number of likely N-dealkylation sites (N-methyl/N-ethyl adjacent to an activating group) is 1. The fourth-order valence-electron chi connectivity index (χ4n) is 1.41. The summed E-state index contributed by atoms with van der Waals surface area (Å²) in [6, 6.07) is 8.07. The number of hydrogen-bond donors (Lipinski definition) is 4. The van der Waals surface area contributed by atoms with Gasteiger partial charge in [-0.2, -0.15) is 0 Å². The molecule has 0 saturated carbocycles. The van der Waals surface area contributed by atoms with Gasteiger partial charge in [-0.3, -0.25) is 4.79 Å². The summed E-state index contributed by atoms with van der Waals surface area (Å²) in [4.78, 5) is 23.3. The lowest BCUT2D eigenvalue weighted by Crippen LogP contribution is -2.47. The van der Waals surface area contributed by atoms with Crippen molar-refractivity contribution >= 4 is 17.6 Å². The largest absolute Gasteiger partial charge is 0.353 e. The van der Waals surface area contributed by atoms with Gasteiger partial charge in [0.1, 0.15) is 6.04 Å². The topological polar surface area (TPSA) is 82.3 Å². The highest BCUT2D eigenvalue weighted by molar-refractivity contribution is 5.93. The molecule has 4 N–H and O–H groups in total. The first-order valence-corrected chi connectivity index (χ1v) is 6.18. The van der Waals surface area contributed by atoms with Crippen LogP contribution >= 0.6 is 0 Å². The Hall–Kier alpha value is -2.08. The lowest BCUT2D eigenvalue weighted by Gasteiger charge is -2.14. The van der Waals surface area contributed by atoms with Crippen molar-refractivity contribution in [1.29, 1.82) is 0 Å². The number of carbonyl (C=O) groups excluding carboxylic acids is 2. The summed E-state index contributed by atoms with van der Waals surface area (Å²) < 4.78 is 0. The van der Waals surface area contributed by atoms with E-state index in [4.69, 9.17) is 0 Å². The van der Waals surface area contributed by atoms with Gasteiger partial charge in [-0.05, 0) is 26.1 Å². The number of rotatable bonds is 6. The third-order valence-electron chi connectivity index (χ3n) is 2.45. The zero-order chi connectivity index (χ0) is 14.1. The van der Waals surface area contributed by atoms with Crippen LogP contribution in [0.3, 0.4) is 0 Å². The molecule has 0 fully saturated rings. The van der Waals surface area contributed by atoms with Crippen LogP contribution in [-0.4, -0.2) is 38.1 Å². The Morgan fingerprint density at radius 3 is 2.47 bits per heavy atom. The number of benzene rings is 1. The van der Waals surface area contributed by atoms with Gasteiger partial charge in [0.2, 0.25) is 5.91 Å². The van der Waals surface area contributed by atoms with E-state index in [9.17, 15) is 9.59 Å². The van der Waals surface area contributed by atoms with Crippen LogP contribution in [0.5, 0.6) is 0 Å². The molecule has 0 aliphatic heterocycles. The Morgan fingerprint density at radius 1 is 1.16 bits per heavy atom. The molecule has 1 rings (SSSR count). The average Bonchev–Trinajstić information content (AvgIpc) is 2.39. The molecule has 1 aromatic rings. The normalized spacial score (nSPS) is 11.5. The first kappa shape index (κ1) is 15.0. The third kappa shape index (κ3) is 5.87. The molecule has 1 aromatic carbocycles. The predicted octanol–water partition coefficient (Wildman–Crippen LogP) is 0.532. The zero-order valence-electron chi connectivity index (χ0n) is 11.2. The number of anilines is 1. The molecule has 0 aromatic heterocycles. The van der Waals surface area contributed by atoms with Crippen LogP contribution in [0.2, 0.25) is 0 Å². The number of para-hydroxylation sites is 1. The molecule has 0 aliphatic carbocycles. The van der Waals surface area contributed by atoms with Crippen molar-refractivity contribution in [1.82, 2.24) is 16.0 Å². The van der Waals surface area contributed by atoms with Crippen LogP contribution in [0, 0.1) is 0 Å². The van der Waals surface area contributed by atoms with E-state index in [-0.39, 0.29) is 5.91 Å². The van der Waals surface area contributed by atoms with Gasteiger partial charge < -0.3 is 21.3 Å². The second kappa shape index (κ2) is 8.10. The molecular weight excluding hydrogens is 244 g/mol. The molecule has 3 amide bonds. The molecule has 6 heteroatoms. The third-order valence-corrected chi connectivity index (χ3v) is 2.45. The van der Waals surface area contributed by atoms with Crippen LogP contribution in [-0.2, 0) is 4.79 Å². The Morgan fingerprint density at radius 2 is 1.84 bits per heavy atom. The van der Waals surface area contributed by atoms with Gasteiger partial charge in [-0.1, -0.05) is 18.2 Å². The number of carbonyl (C=O) groups is 2. The van der Waals surface area contributed by atoms with Crippen molar-refractivity contribution in [2.24, 2.45) is 0 Å². The first-order chi connectivity index (χ1) is 9.13. The van der Waals surface area contributed by atoms with Crippen molar-refractivity contribution in [3.8, 4) is 0 Å². The van der Waals surface area contributed by atoms with Gasteiger partial charge in [-0.25, -0.2) is 4.79 Å². The van der Waals surface area contributed by atoms with Gasteiger partial charge in [-0.15, -0.1) is 0 Å². The Balaban J connectivity index is 2.33. The summed E-state index contributed by atoms with van der Waals surface area (Å²) in [5, 5.41) is 10.9. The van der Waals surface area contributed by atoms with Crippen molar-refractivity contribution < 1.29 is 9.59 Å². The Labute approximate surface area is 113 Å². The van der Waals surface area contributed by atoms with Gasteiger partial charge in [0, 0.05) is 18.8 Å². The summed E-state index contributed by atoms with van der Waals surface area (Å²) >= 11 is 0. The van der Waals surface area contributed by atoms with Crippen molar-refractivity contribution in [3.63, 3.8) is 0 Å². The molecule has 0 aliphatic rings. The van der Waals surface area contributed by atoms with Gasteiger partial charge in [0.05, 0.1) is 0 Å². The maximum Gasteiger partial charge on any atom is 0.319 e. The van der Waals surface area contributed by atoms with Crippen LogP contribution in [0.15, 0.2) is 30.3 Å². The number of urea groups is 1. The molecular formula is C13H20N4O2.